The van der Waals surface area contributed by atoms with Gasteiger partial charge in [0, 0.05) is 35.8 Å². The molecular formula is C29H32N6O3S. The Balaban J connectivity index is 1.70. The van der Waals surface area contributed by atoms with E-state index in [1.165, 1.54) is 23.5 Å². The van der Waals surface area contributed by atoms with E-state index < -0.39 is 4.92 Å². The van der Waals surface area contributed by atoms with Crippen LogP contribution < -0.4 is 10.4 Å². The van der Waals surface area contributed by atoms with E-state index in [0.717, 1.165) is 47.6 Å². The summed E-state index contributed by atoms with van der Waals surface area (Å²) in [5.74, 6) is 0.504. The number of non-ortho nitro benzene ring substituents is 1. The number of benzene rings is 2. The van der Waals surface area contributed by atoms with E-state index in [2.05, 4.69) is 20.8 Å². The van der Waals surface area contributed by atoms with Gasteiger partial charge < -0.3 is 0 Å². The number of hydrogen-bond donors (Lipinski definition) is 0. The highest BCUT2D eigenvalue weighted by Gasteiger charge is 2.30. The maximum atomic E-state index is 13.6. The average Bonchev–Trinajstić information content (AvgIpc) is 3.36. The zero-order chi connectivity index (χ0) is 27.9. The number of para-hydroxylation sites is 1. The van der Waals surface area contributed by atoms with E-state index in [4.69, 9.17) is 10.1 Å². The summed E-state index contributed by atoms with van der Waals surface area (Å²) in [7, 11) is 1.85. The van der Waals surface area contributed by atoms with Crippen LogP contribution in [0.5, 0.6) is 0 Å². The Bertz CT molecular complexity index is 1690. The van der Waals surface area contributed by atoms with Crippen LogP contribution in [0.1, 0.15) is 45.7 Å². The Morgan fingerprint density at radius 1 is 1.10 bits per heavy atom. The Kier molecular flexibility index (Phi) is 6.98. The first kappa shape index (κ1) is 26.6. The third-order valence-corrected chi connectivity index (χ3v) is 8.02. The predicted octanol–water partition coefficient (Wildman–Crippen LogP) is 6.21. The van der Waals surface area contributed by atoms with Gasteiger partial charge in [0.1, 0.15) is 0 Å². The maximum Gasteiger partial charge on any atom is 0.297 e. The van der Waals surface area contributed by atoms with Crippen LogP contribution in [0.2, 0.25) is 0 Å². The summed E-state index contributed by atoms with van der Waals surface area (Å²) in [6.45, 7) is 8.65. The molecule has 2 aromatic heterocycles. The number of thiazole rings is 1. The maximum absolute atomic E-state index is 13.6. The van der Waals surface area contributed by atoms with Gasteiger partial charge in [-0.15, -0.1) is 11.3 Å². The smallest absolute Gasteiger partial charge is 0.283 e. The van der Waals surface area contributed by atoms with Gasteiger partial charge in [0.15, 0.2) is 5.69 Å². The normalized spacial score (nSPS) is 18.5. The molecule has 0 aliphatic heterocycles. The highest BCUT2D eigenvalue weighted by molar-refractivity contribution is 7.07. The molecule has 9 nitrogen and oxygen atoms in total. The molecular weight excluding hydrogens is 512 g/mol. The monoisotopic (exact) mass is 544 g/mol. The summed E-state index contributed by atoms with van der Waals surface area (Å²) in [6, 6.07) is 15.9. The standard InChI is InChI=1S/C29H32N6O3S/c1-19-15-22(17-29(3,4)16-19)31-33-25(21-11-13-24(14-12-21)35(37)38)18-39-28(33)30-26-20(2)32(5)34(27(26)36)23-9-7-6-8-10-23/h6-14,18-19H,15-17H2,1-5H3. The van der Waals surface area contributed by atoms with Crippen LogP contribution >= 0.6 is 11.3 Å². The highest BCUT2D eigenvalue weighted by atomic mass is 32.1. The first-order valence-electron chi connectivity index (χ1n) is 12.9. The van der Waals surface area contributed by atoms with E-state index in [9.17, 15) is 14.9 Å². The molecule has 0 bridgehead atoms. The topological polar surface area (TPSA) is 99.7 Å². The molecule has 0 N–H and O–H groups in total. The zero-order valence-corrected chi connectivity index (χ0v) is 23.6. The second kappa shape index (κ2) is 10.3. The molecule has 0 amide bonds. The Morgan fingerprint density at radius 3 is 2.44 bits per heavy atom. The Hall–Kier alpha value is -4.05. The minimum atomic E-state index is -0.409. The van der Waals surface area contributed by atoms with Crippen molar-refractivity contribution in [2.75, 3.05) is 0 Å². The fraction of sp³-hybridized carbons (Fsp3) is 0.345. The molecule has 5 rings (SSSR count). The van der Waals surface area contributed by atoms with Gasteiger partial charge in [-0.2, -0.15) is 5.10 Å². The van der Waals surface area contributed by atoms with Gasteiger partial charge in [-0.05, 0) is 61.8 Å². The van der Waals surface area contributed by atoms with Crippen LogP contribution in [-0.4, -0.2) is 24.7 Å². The summed E-state index contributed by atoms with van der Waals surface area (Å²) < 4.78 is 5.22. The summed E-state index contributed by atoms with van der Waals surface area (Å²) in [6.07, 6.45) is 2.89. The van der Waals surface area contributed by atoms with Crippen molar-refractivity contribution in [3.63, 3.8) is 0 Å². The third kappa shape index (κ3) is 5.29. The molecule has 1 unspecified atom stereocenters. The van der Waals surface area contributed by atoms with Gasteiger partial charge in [-0.25, -0.2) is 14.4 Å². The predicted molar refractivity (Wildman–Crippen MR) is 155 cm³/mol. The van der Waals surface area contributed by atoms with Crippen LogP contribution in [-0.2, 0) is 7.05 Å². The van der Waals surface area contributed by atoms with Gasteiger partial charge >= 0.3 is 0 Å². The second-order valence-electron chi connectivity index (χ2n) is 11.1. The van der Waals surface area contributed by atoms with Crippen LogP contribution in [0.15, 0.2) is 74.9 Å². The van der Waals surface area contributed by atoms with E-state index in [1.54, 1.807) is 21.5 Å². The SMILES string of the molecule is Cc1c(N=c2scc(-c3ccc([N+](=O)[O-])cc3)n2N=C2CC(C)CC(C)(C)C2)c(=O)n(-c2ccccc2)n1C. The molecule has 1 aliphatic rings. The van der Waals surface area contributed by atoms with Gasteiger partial charge in [-0.3, -0.25) is 19.6 Å². The first-order chi connectivity index (χ1) is 18.5. The van der Waals surface area contributed by atoms with Gasteiger partial charge in [0.05, 0.1) is 22.0 Å². The van der Waals surface area contributed by atoms with Crippen molar-refractivity contribution in [1.29, 1.82) is 0 Å². The molecule has 10 heteroatoms. The Labute approximate surface area is 230 Å². The van der Waals surface area contributed by atoms with Crippen molar-refractivity contribution in [3.05, 3.63) is 90.9 Å². The van der Waals surface area contributed by atoms with Crippen molar-refractivity contribution in [2.24, 2.45) is 28.5 Å². The fourth-order valence-corrected chi connectivity index (χ4v) is 6.37. The fourth-order valence-electron chi connectivity index (χ4n) is 5.54. The van der Waals surface area contributed by atoms with Crippen LogP contribution in [0.3, 0.4) is 0 Å². The second-order valence-corrected chi connectivity index (χ2v) is 11.9. The number of nitro benzene ring substituents is 1. The molecule has 1 aliphatic carbocycles. The number of aromatic nitrogens is 3. The van der Waals surface area contributed by atoms with Gasteiger partial charge in [0.2, 0.25) is 4.80 Å². The molecule has 4 aromatic rings. The van der Waals surface area contributed by atoms with Crippen molar-refractivity contribution in [3.8, 4) is 16.9 Å². The summed E-state index contributed by atoms with van der Waals surface area (Å²) >= 11 is 1.39. The number of nitrogens with zero attached hydrogens (tertiary/aromatic N) is 6. The highest BCUT2D eigenvalue weighted by Crippen LogP contribution is 2.37. The average molecular weight is 545 g/mol. The minimum absolute atomic E-state index is 0.0287. The van der Waals surface area contributed by atoms with Crippen molar-refractivity contribution >= 4 is 28.4 Å². The molecule has 0 spiro atoms. The zero-order valence-electron chi connectivity index (χ0n) is 22.8. The molecule has 1 atom stereocenters. The quantitative estimate of drug-likeness (QED) is 0.221. The van der Waals surface area contributed by atoms with E-state index in [0.29, 0.717) is 16.4 Å². The Morgan fingerprint density at radius 2 is 1.79 bits per heavy atom. The van der Waals surface area contributed by atoms with Gasteiger partial charge in [0.25, 0.3) is 11.2 Å². The lowest BCUT2D eigenvalue weighted by atomic mass is 9.72. The molecule has 0 radical (unpaired) electrons. The van der Waals surface area contributed by atoms with Crippen molar-refractivity contribution < 1.29 is 4.92 Å². The molecule has 39 heavy (non-hydrogen) atoms. The van der Waals surface area contributed by atoms with E-state index in [-0.39, 0.29) is 16.7 Å². The summed E-state index contributed by atoms with van der Waals surface area (Å²) in [5, 5.41) is 18.2. The van der Waals surface area contributed by atoms with E-state index >= 15 is 0 Å². The molecule has 1 saturated carbocycles. The third-order valence-electron chi connectivity index (χ3n) is 7.20. The molecule has 1 fully saturated rings. The van der Waals surface area contributed by atoms with Crippen molar-refractivity contribution in [1.82, 2.24) is 14.0 Å². The summed E-state index contributed by atoms with van der Waals surface area (Å²) in [5.41, 5.74) is 4.44. The van der Waals surface area contributed by atoms with Crippen LogP contribution in [0, 0.1) is 28.4 Å². The van der Waals surface area contributed by atoms with Gasteiger partial charge in [-0.1, -0.05) is 39.0 Å². The lowest BCUT2D eigenvalue weighted by Gasteiger charge is -2.34. The number of hydrogen-bond acceptors (Lipinski definition) is 6. The van der Waals surface area contributed by atoms with Crippen LogP contribution in [0.25, 0.3) is 16.9 Å². The lowest BCUT2D eigenvalue weighted by Crippen LogP contribution is -2.29. The van der Waals surface area contributed by atoms with Crippen molar-refractivity contribution in [2.45, 2.75) is 47.0 Å². The largest absolute Gasteiger partial charge is 0.297 e. The van der Waals surface area contributed by atoms with Crippen LogP contribution in [0.4, 0.5) is 11.4 Å². The lowest BCUT2D eigenvalue weighted by molar-refractivity contribution is -0.384. The molecule has 2 aromatic carbocycles. The molecule has 2 heterocycles. The molecule has 202 valence electrons. The summed E-state index contributed by atoms with van der Waals surface area (Å²) in [4.78, 5) is 29.8. The number of rotatable bonds is 5. The molecule has 0 saturated heterocycles. The minimum Gasteiger partial charge on any atom is -0.283 e. The van der Waals surface area contributed by atoms with E-state index in [1.807, 2.05) is 54.4 Å². The first-order valence-corrected chi connectivity index (χ1v) is 13.8. The number of nitro groups is 1.